The third-order valence-corrected chi connectivity index (χ3v) is 2.24. The van der Waals surface area contributed by atoms with Crippen molar-refractivity contribution in [3.63, 3.8) is 0 Å². The molecular weight excluding hydrogens is 224 g/mol. The Labute approximate surface area is 98.6 Å². The summed E-state index contributed by atoms with van der Waals surface area (Å²) in [5.41, 5.74) is 0.784. The molecule has 1 heterocycles. The molecule has 7 heteroatoms. The lowest BCUT2D eigenvalue weighted by Crippen LogP contribution is -2.42. The summed E-state index contributed by atoms with van der Waals surface area (Å²) >= 11 is 0. The molecule has 0 fully saturated rings. The maximum Gasteiger partial charge on any atom is 0.315 e. The van der Waals surface area contributed by atoms with Crippen LogP contribution in [0.25, 0.3) is 0 Å². The van der Waals surface area contributed by atoms with Crippen LogP contribution in [0.2, 0.25) is 0 Å². The van der Waals surface area contributed by atoms with E-state index in [1.165, 1.54) is 6.33 Å². The number of urea groups is 1. The van der Waals surface area contributed by atoms with Crippen molar-refractivity contribution in [1.29, 1.82) is 0 Å². The highest BCUT2D eigenvalue weighted by molar-refractivity contribution is 5.75. The molecule has 0 saturated carbocycles. The van der Waals surface area contributed by atoms with E-state index in [-0.39, 0.29) is 18.5 Å². The third-order valence-electron chi connectivity index (χ3n) is 2.24. The molecule has 1 rings (SSSR count). The molecule has 0 radical (unpaired) electrons. The standard InChI is InChI=1S/C10H16N4O3/c1-2-7(3-9(15)16)14-10(17)12-5-8-4-11-6-13-8/h4,6-7H,2-3,5H2,1H3,(H,11,13)(H,15,16)(H2,12,14,17). The number of hydrogen-bond acceptors (Lipinski definition) is 3. The first kappa shape index (κ1) is 13.0. The number of aliphatic carboxylic acids is 1. The second kappa shape index (κ2) is 6.51. The number of carbonyl (C=O) groups excluding carboxylic acids is 1. The van der Waals surface area contributed by atoms with Crippen LogP contribution in [0.4, 0.5) is 4.79 Å². The van der Waals surface area contributed by atoms with E-state index < -0.39 is 5.97 Å². The third kappa shape index (κ3) is 5.01. The Hall–Kier alpha value is -2.05. The van der Waals surface area contributed by atoms with E-state index >= 15 is 0 Å². The molecule has 0 aromatic carbocycles. The number of aromatic nitrogens is 2. The molecule has 2 amide bonds. The average molecular weight is 240 g/mol. The van der Waals surface area contributed by atoms with Gasteiger partial charge in [-0.25, -0.2) is 9.78 Å². The molecule has 0 aliphatic heterocycles. The van der Waals surface area contributed by atoms with Crippen LogP contribution in [0.5, 0.6) is 0 Å². The van der Waals surface area contributed by atoms with Gasteiger partial charge in [0.1, 0.15) is 0 Å². The second-order valence-corrected chi connectivity index (χ2v) is 3.61. The maximum atomic E-state index is 11.4. The Balaban J connectivity index is 2.30. The van der Waals surface area contributed by atoms with Crippen molar-refractivity contribution in [2.45, 2.75) is 32.4 Å². The predicted molar refractivity (Wildman–Crippen MR) is 60.3 cm³/mol. The first-order valence-corrected chi connectivity index (χ1v) is 5.35. The van der Waals surface area contributed by atoms with Gasteiger partial charge in [0, 0.05) is 12.2 Å². The first-order valence-electron chi connectivity index (χ1n) is 5.35. The Morgan fingerprint density at radius 3 is 2.88 bits per heavy atom. The van der Waals surface area contributed by atoms with Crippen molar-refractivity contribution in [3.05, 3.63) is 18.2 Å². The minimum Gasteiger partial charge on any atom is -0.481 e. The highest BCUT2D eigenvalue weighted by Gasteiger charge is 2.13. The molecule has 0 spiro atoms. The van der Waals surface area contributed by atoms with Crippen molar-refractivity contribution in [2.24, 2.45) is 0 Å². The quantitative estimate of drug-likeness (QED) is 0.579. The summed E-state index contributed by atoms with van der Waals surface area (Å²) in [7, 11) is 0. The number of nitrogens with one attached hydrogen (secondary N) is 3. The molecule has 0 aliphatic carbocycles. The number of imidazole rings is 1. The van der Waals surface area contributed by atoms with Gasteiger partial charge in [-0.05, 0) is 6.42 Å². The lowest BCUT2D eigenvalue weighted by atomic mass is 10.1. The van der Waals surface area contributed by atoms with Gasteiger partial charge in [-0.2, -0.15) is 0 Å². The van der Waals surface area contributed by atoms with E-state index in [4.69, 9.17) is 5.11 Å². The fourth-order valence-corrected chi connectivity index (χ4v) is 1.30. The molecule has 7 nitrogen and oxygen atoms in total. The maximum absolute atomic E-state index is 11.4. The van der Waals surface area contributed by atoms with Crippen molar-refractivity contribution >= 4 is 12.0 Å². The van der Waals surface area contributed by atoms with Crippen LogP contribution in [-0.2, 0) is 11.3 Å². The van der Waals surface area contributed by atoms with Crippen LogP contribution in [0, 0.1) is 0 Å². The summed E-state index contributed by atoms with van der Waals surface area (Å²) in [4.78, 5) is 28.6. The summed E-state index contributed by atoms with van der Waals surface area (Å²) in [6, 6.07) is -0.734. The number of nitrogens with zero attached hydrogens (tertiary/aromatic N) is 1. The Morgan fingerprint density at radius 2 is 2.35 bits per heavy atom. The number of carboxylic acids is 1. The van der Waals surface area contributed by atoms with E-state index in [9.17, 15) is 9.59 Å². The molecule has 4 N–H and O–H groups in total. The summed E-state index contributed by atoms with van der Waals surface area (Å²) in [5.74, 6) is -0.925. The number of amides is 2. The Bertz CT molecular complexity index is 364. The van der Waals surface area contributed by atoms with Gasteiger partial charge in [-0.3, -0.25) is 4.79 Å². The number of aromatic amines is 1. The van der Waals surface area contributed by atoms with E-state index in [2.05, 4.69) is 20.6 Å². The first-order chi connectivity index (χ1) is 8.11. The normalized spacial score (nSPS) is 11.8. The molecule has 94 valence electrons. The van der Waals surface area contributed by atoms with Gasteiger partial charge in [-0.15, -0.1) is 0 Å². The van der Waals surface area contributed by atoms with Crippen LogP contribution in [0.1, 0.15) is 25.5 Å². The van der Waals surface area contributed by atoms with Gasteiger partial charge in [-0.1, -0.05) is 6.92 Å². The van der Waals surface area contributed by atoms with E-state index in [0.717, 1.165) is 5.69 Å². The van der Waals surface area contributed by atoms with E-state index in [1.807, 2.05) is 6.92 Å². The van der Waals surface area contributed by atoms with Gasteiger partial charge in [0.25, 0.3) is 0 Å². The molecular formula is C10H16N4O3. The molecule has 17 heavy (non-hydrogen) atoms. The van der Waals surface area contributed by atoms with Crippen LogP contribution in [0.3, 0.4) is 0 Å². The molecule has 1 unspecified atom stereocenters. The van der Waals surface area contributed by atoms with Crippen molar-refractivity contribution < 1.29 is 14.7 Å². The summed E-state index contributed by atoms with van der Waals surface area (Å²) in [5, 5.41) is 13.8. The van der Waals surface area contributed by atoms with Gasteiger partial charge < -0.3 is 20.7 Å². The van der Waals surface area contributed by atoms with Crippen molar-refractivity contribution in [1.82, 2.24) is 20.6 Å². The van der Waals surface area contributed by atoms with Crippen LogP contribution in [-0.4, -0.2) is 33.1 Å². The lowest BCUT2D eigenvalue weighted by molar-refractivity contribution is -0.137. The molecule has 1 atom stereocenters. The van der Waals surface area contributed by atoms with Gasteiger partial charge in [0.15, 0.2) is 0 Å². The minimum absolute atomic E-state index is 0.0754. The minimum atomic E-state index is -0.925. The largest absolute Gasteiger partial charge is 0.481 e. The van der Waals surface area contributed by atoms with Gasteiger partial charge in [0.2, 0.25) is 0 Å². The highest BCUT2D eigenvalue weighted by Crippen LogP contribution is 1.97. The van der Waals surface area contributed by atoms with E-state index in [1.54, 1.807) is 6.20 Å². The van der Waals surface area contributed by atoms with Crippen LogP contribution < -0.4 is 10.6 Å². The monoisotopic (exact) mass is 240 g/mol. The van der Waals surface area contributed by atoms with E-state index in [0.29, 0.717) is 13.0 Å². The molecule has 0 aliphatic rings. The van der Waals surface area contributed by atoms with Crippen LogP contribution in [0.15, 0.2) is 12.5 Å². The smallest absolute Gasteiger partial charge is 0.315 e. The number of rotatable bonds is 6. The number of carbonyl (C=O) groups is 2. The summed E-state index contributed by atoms with van der Waals surface area (Å²) < 4.78 is 0. The van der Waals surface area contributed by atoms with Gasteiger partial charge in [0.05, 0.1) is 25.0 Å². The Morgan fingerprint density at radius 1 is 1.59 bits per heavy atom. The van der Waals surface area contributed by atoms with Crippen molar-refractivity contribution in [2.75, 3.05) is 0 Å². The summed E-state index contributed by atoms with van der Waals surface area (Å²) in [6.07, 6.45) is 3.63. The topological polar surface area (TPSA) is 107 Å². The van der Waals surface area contributed by atoms with Crippen molar-refractivity contribution in [3.8, 4) is 0 Å². The number of H-pyrrole nitrogens is 1. The highest BCUT2D eigenvalue weighted by atomic mass is 16.4. The predicted octanol–water partition coefficient (Wildman–Crippen LogP) is 0.462. The fourth-order valence-electron chi connectivity index (χ4n) is 1.30. The fraction of sp³-hybridized carbons (Fsp3) is 0.500. The molecule has 0 bridgehead atoms. The number of hydrogen-bond donors (Lipinski definition) is 4. The SMILES string of the molecule is CCC(CC(=O)O)NC(=O)NCc1cnc[nH]1. The molecule has 1 aromatic rings. The zero-order valence-corrected chi connectivity index (χ0v) is 9.56. The molecule has 1 aromatic heterocycles. The summed E-state index contributed by atoms with van der Waals surface area (Å²) in [6.45, 7) is 2.15. The second-order valence-electron chi connectivity index (χ2n) is 3.61. The van der Waals surface area contributed by atoms with Crippen LogP contribution >= 0.6 is 0 Å². The average Bonchev–Trinajstić information content (AvgIpc) is 2.77. The lowest BCUT2D eigenvalue weighted by Gasteiger charge is -2.15. The zero-order valence-electron chi connectivity index (χ0n) is 9.56. The molecule has 0 saturated heterocycles. The number of carboxylic acid groups (broad SMARTS) is 1. The Kier molecular flexibility index (Phi) is 4.99. The zero-order chi connectivity index (χ0) is 12.7. The van der Waals surface area contributed by atoms with Gasteiger partial charge >= 0.3 is 12.0 Å².